The van der Waals surface area contributed by atoms with Crippen LogP contribution in [0.4, 0.5) is 0 Å². The zero-order chi connectivity index (χ0) is 10.7. The Balaban J connectivity index is 2.82. The third-order valence-electron chi connectivity index (χ3n) is 1.41. The van der Waals surface area contributed by atoms with E-state index in [4.69, 9.17) is 33.0 Å². The number of hydrogen-bond donors (Lipinski definition) is 1. The topological polar surface area (TPSA) is 59.4 Å². The molecular weight excluding hydrogens is 229 g/mol. The Bertz CT molecular complexity index is 356. The lowest BCUT2D eigenvalue weighted by molar-refractivity contribution is -0.144. The van der Waals surface area contributed by atoms with Crippen LogP contribution in [0.25, 0.3) is 0 Å². The summed E-state index contributed by atoms with van der Waals surface area (Å²) in [4.78, 5) is 14.2. The number of rotatable bonds is 3. The molecule has 0 aliphatic rings. The van der Waals surface area contributed by atoms with E-state index in [1.165, 1.54) is 19.2 Å². The van der Waals surface area contributed by atoms with Crippen LogP contribution < -0.4 is 4.74 Å². The molecule has 0 aromatic carbocycles. The van der Waals surface area contributed by atoms with Crippen molar-refractivity contribution in [3.05, 3.63) is 22.3 Å². The molecule has 1 aromatic heterocycles. The summed E-state index contributed by atoms with van der Waals surface area (Å²) in [5.74, 6) is -1.02. The lowest BCUT2D eigenvalue weighted by Gasteiger charge is -2.10. The molecule has 0 aliphatic carbocycles. The SMILES string of the molecule is C[C@@H](Oc1ncc(Cl)cc1Cl)C(=O)O. The summed E-state index contributed by atoms with van der Waals surface area (Å²) in [5, 5.41) is 9.12. The molecule has 1 atom stereocenters. The van der Waals surface area contributed by atoms with E-state index in [1.54, 1.807) is 0 Å². The first-order chi connectivity index (χ1) is 6.50. The van der Waals surface area contributed by atoms with Crippen molar-refractivity contribution in [1.29, 1.82) is 0 Å². The minimum absolute atomic E-state index is 0.0611. The number of carboxylic acids is 1. The number of aliphatic carboxylic acids is 1. The lowest BCUT2D eigenvalue weighted by Crippen LogP contribution is -2.23. The van der Waals surface area contributed by atoms with Gasteiger partial charge in [0.2, 0.25) is 5.88 Å². The Kier molecular flexibility index (Phi) is 3.55. The van der Waals surface area contributed by atoms with Crippen molar-refractivity contribution in [3.8, 4) is 5.88 Å². The van der Waals surface area contributed by atoms with Gasteiger partial charge >= 0.3 is 5.97 Å². The van der Waals surface area contributed by atoms with Crippen LogP contribution in [0.15, 0.2) is 12.3 Å². The second-order valence-electron chi connectivity index (χ2n) is 2.54. The van der Waals surface area contributed by atoms with Gasteiger partial charge in [0.05, 0.1) is 5.02 Å². The third kappa shape index (κ3) is 2.75. The summed E-state index contributed by atoms with van der Waals surface area (Å²) >= 11 is 11.3. The van der Waals surface area contributed by atoms with E-state index >= 15 is 0 Å². The molecule has 6 heteroatoms. The van der Waals surface area contributed by atoms with Gasteiger partial charge in [-0.05, 0) is 13.0 Å². The molecule has 0 saturated heterocycles. The number of pyridine rings is 1. The van der Waals surface area contributed by atoms with Gasteiger partial charge in [0, 0.05) is 6.20 Å². The summed E-state index contributed by atoms with van der Waals surface area (Å²) in [5.41, 5.74) is 0. The molecule has 4 nitrogen and oxygen atoms in total. The highest BCUT2D eigenvalue weighted by Crippen LogP contribution is 2.25. The maximum atomic E-state index is 10.5. The quantitative estimate of drug-likeness (QED) is 0.874. The van der Waals surface area contributed by atoms with E-state index in [-0.39, 0.29) is 10.9 Å². The van der Waals surface area contributed by atoms with Gasteiger partial charge < -0.3 is 9.84 Å². The Morgan fingerprint density at radius 2 is 2.29 bits per heavy atom. The number of carbonyl (C=O) groups is 1. The molecule has 1 heterocycles. The minimum Gasteiger partial charge on any atom is -0.479 e. The third-order valence-corrected chi connectivity index (χ3v) is 1.89. The van der Waals surface area contributed by atoms with Crippen LogP contribution in [0.1, 0.15) is 6.92 Å². The predicted molar refractivity (Wildman–Crippen MR) is 52.0 cm³/mol. The normalized spacial score (nSPS) is 12.2. The zero-order valence-electron chi connectivity index (χ0n) is 7.20. The van der Waals surface area contributed by atoms with Crippen LogP contribution in [0.3, 0.4) is 0 Å². The summed E-state index contributed by atoms with van der Waals surface area (Å²) in [6, 6.07) is 1.43. The molecule has 76 valence electrons. The Labute approximate surface area is 90.4 Å². The Morgan fingerprint density at radius 3 is 2.79 bits per heavy atom. The maximum absolute atomic E-state index is 10.5. The predicted octanol–water partition coefficient (Wildman–Crippen LogP) is 2.24. The van der Waals surface area contributed by atoms with E-state index < -0.39 is 12.1 Å². The Hall–Kier alpha value is -1.00. The molecule has 0 amide bonds. The molecule has 1 N–H and O–H groups in total. The number of nitrogens with zero attached hydrogens (tertiary/aromatic N) is 1. The van der Waals surface area contributed by atoms with Gasteiger partial charge in [-0.2, -0.15) is 0 Å². The van der Waals surface area contributed by atoms with Crippen LogP contribution in [-0.4, -0.2) is 22.2 Å². The van der Waals surface area contributed by atoms with Crippen molar-refractivity contribution in [2.45, 2.75) is 13.0 Å². The van der Waals surface area contributed by atoms with Gasteiger partial charge in [-0.25, -0.2) is 9.78 Å². The fourth-order valence-electron chi connectivity index (χ4n) is 0.707. The molecule has 0 radical (unpaired) electrons. The molecule has 0 saturated carbocycles. The highest BCUT2D eigenvalue weighted by Gasteiger charge is 2.15. The molecule has 0 spiro atoms. The molecular formula is C8H7Cl2NO3. The largest absolute Gasteiger partial charge is 0.479 e. The van der Waals surface area contributed by atoms with Crippen molar-refractivity contribution < 1.29 is 14.6 Å². The summed E-state index contributed by atoms with van der Waals surface area (Å²) in [6.45, 7) is 1.38. The first kappa shape index (κ1) is 11.1. The van der Waals surface area contributed by atoms with E-state index in [1.807, 2.05) is 0 Å². The van der Waals surface area contributed by atoms with Crippen molar-refractivity contribution in [2.24, 2.45) is 0 Å². The van der Waals surface area contributed by atoms with Gasteiger partial charge in [-0.3, -0.25) is 0 Å². The van der Waals surface area contributed by atoms with Crippen molar-refractivity contribution in [1.82, 2.24) is 4.98 Å². The molecule has 0 aliphatic heterocycles. The van der Waals surface area contributed by atoms with Crippen molar-refractivity contribution >= 4 is 29.2 Å². The fourth-order valence-corrected chi connectivity index (χ4v) is 1.13. The molecule has 0 bridgehead atoms. The smallest absolute Gasteiger partial charge is 0.344 e. The molecule has 1 aromatic rings. The average Bonchev–Trinajstić information content (AvgIpc) is 2.09. The number of aromatic nitrogens is 1. The first-order valence-corrected chi connectivity index (χ1v) is 4.47. The number of carboxylic acid groups (broad SMARTS) is 1. The fraction of sp³-hybridized carbons (Fsp3) is 0.250. The van der Waals surface area contributed by atoms with E-state index in [0.29, 0.717) is 5.02 Å². The zero-order valence-corrected chi connectivity index (χ0v) is 8.71. The summed E-state index contributed by atoms with van der Waals surface area (Å²) in [7, 11) is 0. The molecule has 0 fully saturated rings. The lowest BCUT2D eigenvalue weighted by atomic mass is 10.4. The molecule has 14 heavy (non-hydrogen) atoms. The van der Waals surface area contributed by atoms with Gasteiger partial charge in [0.1, 0.15) is 5.02 Å². The standard InChI is InChI=1S/C8H7Cl2NO3/c1-4(8(12)13)14-7-6(10)2-5(9)3-11-7/h2-4H,1H3,(H,12,13)/t4-/m1/s1. The minimum atomic E-state index is -1.09. The van der Waals surface area contributed by atoms with E-state index in [0.717, 1.165) is 0 Å². The van der Waals surface area contributed by atoms with Gasteiger partial charge in [-0.1, -0.05) is 23.2 Å². The Morgan fingerprint density at radius 1 is 1.64 bits per heavy atom. The van der Waals surface area contributed by atoms with Crippen molar-refractivity contribution in [3.63, 3.8) is 0 Å². The van der Waals surface area contributed by atoms with Gasteiger partial charge in [0.15, 0.2) is 6.10 Å². The van der Waals surface area contributed by atoms with Crippen LogP contribution in [-0.2, 0) is 4.79 Å². The van der Waals surface area contributed by atoms with Crippen molar-refractivity contribution in [2.75, 3.05) is 0 Å². The maximum Gasteiger partial charge on any atom is 0.344 e. The summed E-state index contributed by atoms with van der Waals surface area (Å²) in [6.07, 6.45) is 0.332. The summed E-state index contributed by atoms with van der Waals surface area (Å²) < 4.78 is 4.96. The number of ether oxygens (including phenoxy) is 1. The average molecular weight is 236 g/mol. The second-order valence-corrected chi connectivity index (χ2v) is 3.38. The van der Waals surface area contributed by atoms with Crippen LogP contribution >= 0.6 is 23.2 Å². The van der Waals surface area contributed by atoms with Gasteiger partial charge in [0.25, 0.3) is 0 Å². The van der Waals surface area contributed by atoms with Crippen LogP contribution in [0, 0.1) is 0 Å². The van der Waals surface area contributed by atoms with Crippen LogP contribution in [0.5, 0.6) is 5.88 Å². The van der Waals surface area contributed by atoms with Crippen LogP contribution in [0.2, 0.25) is 10.0 Å². The molecule has 1 rings (SSSR count). The first-order valence-electron chi connectivity index (χ1n) is 3.71. The highest BCUT2D eigenvalue weighted by atomic mass is 35.5. The highest BCUT2D eigenvalue weighted by molar-refractivity contribution is 6.35. The van der Waals surface area contributed by atoms with Gasteiger partial charge in [-0.15, -0.1) is 0 Å². The monoisotopic (exact) mass is 235 g/mol. The number of hydrogen-bond acceptors (Lipinski definition) is 3. The molecule has 0 unspecified atom stereocenters. The second kappa shape index (κ2) is 4.48. The number of halogens is 2. The van der Waals surface area contributed by atoms with E-state index in [9.17, 15) is 4.79 Å². The van der Waals surface area contributed by atoms with E-state index in [2.05, 4.69) is 4.98 Å².